The second-order valence-electron chi connectivity index (χ2n) is 5.84. The fraction of sp³-hybridized carbons (Fsp3) is 0.588. The fourth-order valence-electron chi connectivity index (χ4n) is 2.53. The maximum absolute atomic E-state index is 12.1. The summed E-state index contributed by atoms with van der Waals surface area (Å²) in [6, 6.07) is 8.05. The number of hydrogen-bond acceptors (Lipinski definition) is 4. The molecule has 1 aromatic rings. The van der Waals surface area contributed by atoms with Crippen molar-refractivity contribution in [3.63, 3.8) is 0 Å². The van der Waals surface area contributed by atoms with Crippen LogP contribution in [0.5, 0.6) is 5.75 Å². The van der Waals surface area contributed by atoms with Crippen LogP contribution in [0.25, 0.3) is 0 Å². The number of thioether (sulfide) groups is 1. The minimum Gasteiger partial charge on any atom is -0.496 e. The molecule has 1 unspecified atom stereocenters. The Labute approximate surface area is 137 Å². The van der Waals surface area contributed by atoms with Gasteiger partial charge in [0, 0.05) is 23.1 Å². The van der Waals surface area contributed by atoms with E-state index in [4.69, 9.17) is 4.74 Å². The number of carbonyl (C=O) groups is 1. The Kier molecular flexibility index (Phi) is 7.06. The van der Waals surface area contributed by atoms with E-state index >= 15 is 0 Å². The number of benzene rings is 1. The fourth-order valence-corrected chi connectivity index (χ4v) is 3.58. The lowest BCUT2D eigenvalue weighted by Crippen LogP contribution is -2.39. The molecule has 1 aromatic carbocycles. The summed E-state index contributed by atoms with van der Waals surface area (Å²) in [6.07, 6.45) is 1.91. The molecule has 1 amide bonds. The second kappa shape index (κ2) is 9.06. The zero-order valence-corrected chi connectivity index (χ0v) is 14.2. The third-order valence-corrected chi connectivity index (χ3v) is 5.31. The van der Waals surface area contributed by atoms with Gasteiger partial charge in [-0.2, -0.15) is 0 Å². The van der Waals surface area contributed by atoms with Crippen LogP contribution in [-0.4, -0.2) is 38.4 Å². The van der Waals surface area contributed by atoms with Gasteiger partial charge in [-0.25, -0.2) is 0 Å². The number of para-hydroxylation sites is 1. The molecule has 1 atom stereocenters. The van der Waals surface area contributed by atoms with E-state index in [1.807, 2.05) is 18.2 Å². The van der Waals surface area contributed by atoms with Crippen molar-refractivity contribution in [2.24, 2.45) is 11.8 Å². The van der Waals surface area contributed by atoms with Crippen LogP contribution in [-0.2, 0) is 4.79 Å². The highest BCUT2D eigenvalue weighted by molar-refractivity contribution is 7.99. The lowest BCUT2D eigenvalue weighted by molar-refractivity contribution is -0.125. The van der Waals surface area contributed by atoms with Gasteiger partial charge < -0.3 is 15.4 Å². The molecule has 1 aliphatic rings. The zero-order valence-electron chi connectivity index (χ0n) is 13.4. The SMILES string of the molecule is COc1ccccc1SCC(C)CNC(=O)C1CCNCC1. The number of nitrogens with one attached hydrogen (secondary N) is 2. The largest absolute Gasteiger partial charge is 0.496 e. The van der Waals surface area contributed by atoms with E-state index in [9.17, 15) is 4.79 Å². The van der Waals surface area contributed by atoms with Crippen LogP contribution >= 0.6 is 11.8 Å². The summed E-state index contributed by atoms with van der Waals surface area (Å²) in [5.41, 5.74) is 0. The first kappa shape index (κ1) is 17.2. The second-order valence-corrected chi connectivity index (χ2v) is 6.90. The van der Waals surface area contributed by atoms with E-state index in [1.165, 1.54) is 0 Å². The van der Waals surface area contributed by atoms with Gasteiger partial charge in [0.25, 0.3) is 0 Å². The molecule has 0 aliphatic carbocycles. The van der Waals surface area contributed by atoms with Gasteiger partial charge in [0.1, 0.15) is 5.75 Å². The average molecular weight is 322 g/mol. The van der Waals surface area contributed by atoms with Crippen LogP contribution in [0.4, 0.5) is 0 Å². The minimum atomic E-state index is 0.190. The number of hydrogen-bond donors (Lipinski definition) is 2. The number of carbonyl (C=O) groups excluding carboxylic acids is 1. The molecule has 2 rings (SSSR count). The van der Waals surface area contributed by atoms with E-state index in [0.29, 0.717) is 5.92 Å². The Morgan fingerprint density at radius 1 is 1.41 bits per heavy atom. The molecular weight excluding hydrogens is 296 g/mol. The standard InChI is InChI=1S/C17H26N2O2S/c1-13(11-19-17(20)14-7-9-18-10-8-14)12-22-16-6-4-3-5-15(16)21-2/h3-6,13-14,18H,7-12H2,1-2H3,(H,19,20). The van der Waals surface area contributed by atoms with E-state index in [-0.39, 0.29) is 11.8 Å². The number of rotatable bonds is 7. The van der Waals surface area contributed by atoms with Crippen molar-refractivity contribution >= 4 is 17.7 Å². The zero-order chi connectivity index (χ0) is 15.8. The number of amides is 1. The van der Waals surface area contributed by atoms with Gasteiger partial charge in [-0.1, -0.05) is 19.1 Å². The lowest BCUT2D eigenvalue weighted by atomic mass is 9.97. The Balaban J connectivity index is 1.71. The number of methoxy groups -OCH3 is 1. The Morgan fingerprint density at radius 2 is 2.14 bits per heavy atom. The van der Waals surface area contributed by atoms with Crippen LogP contribution in [0, 0.1) is 11.8 Å². The highest BCUT2D eigenvalue weighted by Gasteiger charge is 2.20. The molecule has 0 bridgehead atoms. The van der Waals surface area contributed by atoms with Gasteiger partial charge in [0.2, 0.25) is 5.91 Å². The Bertz CT molecular complexity index is 475. The molecular formula is C17H26N2O2S. The molecule has 122 valence electrons. The van der Waals surface area contributed by atoms with Crippen LogP contribution in [0.3, 0.4) is 0 Å². The minimum absolute atomic E-state index is 0.190. The van der Waals surface area contributed by atoms with Crippen molar-refractivity contribution in [1.82, 2.24) is 10.6 Å². The predicted octanol–water partition coefficient (Wildman–Crippen LogP) is 2.54. The molecule has 1 aliphatic heterocycles. The topological polar surface area (TPSA) is 50.4 Å². The third kappa shape index (κ3) is 5.21. The van der Waals surface area contributed by atoms with Gasteiger partial charge in [-0.15, -0.1) is 11.8 Å². The average Bonchev–Trinajstić information content (AvgIpc) is 2.58. The summed E-state index contributed by atoms with van der Waals surface area (Å²) >= 11 is 1.78. The van der Waals surface area contributed by atoms with Crippen molar-refractivity contribution in [3.8, 4) is 5.75 Å². The Morgan fingerprint density at radius 3 is 2.86 bits per heavy atom. The summed E-state index contributed by atoms with van der Waals surface area (Å²) < 4.78 is 5.36. The predicted molar refractivity (Wildman–Crippen MR) is 91.5 cm³/mol. The highest BCUT2D eigenvalue weighted by atomic mass is 32.2. The summed E-state index contributed by atoms with van der Waals surface area (Å²) in [7, 11) is 1.70. The molecule has 4 nitrogen and oxygen atoms in total. The summed E-state index contributed by atoms with van der Waals surface area (Å²) in [4.78, 5) is 13.3. The van der Waals surface area contributed by atoms with Crippen LogP contribution in [0.1, 0.15) is 19.8 Å². The maximum atomic E-state index is 12.1. The highest BCUT2D eigenvalue weighted by Crippen LogP contribution is 2.29. The van der Waals surface area contributed by atoms with Crippen LogP contribution < -0.4 is 15.4 Å². The molecule has 2 N–H and O–H groups in total. The van der Waals surface area contributed by atoms with E-state index in [0.717, 1.165) is 48.9 Å². The van der Waals surface area contributed by atoms with Crippen molar-refractivity contribution in [1.29, 1.82) is 0 Å². The molecule has 0 radical (unpaired) electrons. The van der Waals surface area contributed by atoms with Crippen molar-refractivity contribution in [2.45, 2.75) is 24.7 Å². The first-order valence-electron chi connectivity index (χ1n) is 7.95. The lowest BCUT2D eigenvalue weighted by Gasteiger charge is -2.22. The maximum Gasteiger partial charge on any atom is 0.223 e. The van der Waals surface area contributed by atoms with Gasteiger partial charge in [-0.05, 0) is 44.0 Å². The van der Waals surface area contributed by atoms with Gasteiger partial charge in [-0.3, -0.25) is 4.79 Å². The van der Waals surface area contributed by atoms with Gasteiger partial charge in [0.05, 0.1) is 7.11 Å². The van der Waals surface area contributed by atoms with Crippen LogP contribution in [0.15, 0.2) is 29.2 Å². The first-order valence-corrected chi connectivity index (χ1v) is 8.93. The third-order valence-electron chi connectivity index (χ3n) is 3.93. The van der Waals surface area contributed by atoms with Crippen molar-refractivity contribution in [3.05, 3.63) is 24.3 Å². The summed E-state index contributed by atoms with van der Waals surface area (Å²) in [5.74, 6) is 2.72. The molecule has 1 saturated heterocycles. The Hall–Kier alpha value is -1.20. The van der Waals surface area contributed by atoms with Crippen molar-refractivity contribution < 1.29 is 9.53 Å². The quantitative estimate of drug-likeness (QED) is 0.758. The van der Waals surface area contributed by atoms with E-state index in [2.05, 4.69) is 23.6 Å². The number of ether oxygens (including phenoxy) is 1. The first-order chi connectivity index (χ1) is 10.7. The molecule has 5 heteroatoms. The normalized spacial score (nSPS) is 17.0. The van der Waals surface area contributed by atoms with Gasteiger partial charge in [0.15, 0.2) is 0 Å². The number of piperidine rings is 1. The van der Waals surface area contributed by atoms with Crippen molar-refractivity contribution in [2.75, 3.05) is 32.5 Å². The molecule has 0 aromatic heterocycles. The summed E-state index contributed by atoms with van der Waals surface area (Å²) in [5, 5.41) is 6.39. The van der Waals surface area contributed by atoms with Gasteiger partial charge >= 0.3 is 0 Å². The monoisotopic (exact) mass is 322 g/mol. The molecule has 1 heterocycles. The molecule has 0 spiro atoms. The van der Waals surface area contributed by atoms with E-state index in [1.54, 1.807) is 18.9 Å². The molecule has 0 saturated carbocycles. The summed E-state index contributed by atoms with van der Waals surface area (Å²) in [6.45, 7) is 4.82. The van der Waals surface area contributed by atoms with E-state index < -0.39 is 0 Å². The molecule has 1 fully saturated rings. The molecule has 22 heavy (non-hydrogen) atoms. The smallest absolute Gasteiger partial charge is 0.223 e. The van der Waals surface area contributed by atoms with Crippen LogP contribution in [0.2, 0.25) is 0 Å².